The van der Waals surface area contributed by atoms with Gasteiger partial charge < -0.3 is 10.3 Å². The van der Waals surface area contributed by atoms with Crippen molar-refractivity contribution in [3.8, 4) is 0 Å². The molecule has 0 aliphatic rings. The van der Waals surface area contributed by atoms with Crippen LogP contribution >= 0.6 is 15.9 Å². The van der Waals surface area contributed by atoms with Crippen LogP contribution < -0.4 is 5.32 Å². The van der Waals surface area contributed by atoms with Crippen molar-refractivity contribution in [2.45, 2.75) is 13.0 Å². The third-order valence-electron chi connectivity index (χ3n) is 3.52. The van der Waals surface area contributed by atoms with E-state index in [1.54, 1.807) is 0 Å². The van der Waals surface area contributed by atoms with Crippen LogP contribution in [0.25, 0.3) is 10.9 Å². The highest BCUT2D eigenvalue weighted by molar-refractivity contribution is 9.10. The Labute approximate surface area is 127 Å². The number of H-pyrrole nitrogens is 1. The second-order valence-electron chi connectivity index (χ2n) is 4.88. The molecule has 0 amide bonds. The third-order valence-corrected chi connectivity index (χ3v) is 4.29. The minimum absolute atomic E-state index is 0.893. The summed E-state index contributed by atoms with van der Waals surface area (Å²) in [7, 11) is 0. The number of fused-ring (bicyclic) bond motifs is 1. The van der Waals surface area contributed by atoms with Gasteiger partial charge in [-0.05, 0) is 36.2 Å². The maximum atomic E-state index is 3.57. The summed E-state index contributed by atoms with van der Waals surface area (Å²) in [5.74, 6) is 0. The highest BCUT2D eigenvalue weighted by atomic mass is 79.9. The van der Waals surface area contributed by atoms with Crippen LogP contribution in [0.4, 0.5) is 0 Å². The molecule has 0 atom stereocenters. The first-order chi connectivity index (χ1) is 9.84. The van der Waals surface area contributed by atoms with Crippen LogP contribution in [0.3, 0.4) is 0 Å². The predicted molar refractivity (Wildman–Crippen MR) is 87.9 cm³/mol. The summed E-state index contributed by atoms with van der Waals surface area (Å²) in [6, 6.07) is 16.8. The van der Waals surface area contributed by atoms with E-state index in [-0.39, 0.29) is 0 Å². The first-order valence-corrected chi connectivity index (χ1v) is 7.63. The summed E-state index contributed by atoms with van der Waals surface area (Å²) in [5, 5.41) is 4.83. The fourth-order valence-electron chi connectivity index (χ4n) is 2.43. The second-order valence-corrected chi connectivity index (χ2v) is 5.73. The largest absolute Gasteiger partial charge is 0.361 e. The fourth-order valence-corrected chi connectivity index (χ4v) is 2.85. The number of halogens is 1. The van der Waals surface area contributed by atoms with E-state index < -0.39 is 0 Å². The van der Waals surface area contributed by atoms with Gasteiger partial charge in [0, 0.05) is 28.1 Å². The molecule has 0 bridgehead atoms. The van der Waals surface area contributed by atoms with E-state index >= 15 is 0 Å². The maximum absolute atomic E-state index is 3.57. The smallest absolute Gasteiger partial charge is 0.0456 e. The van der Waals surface area contributed by atoms with E-state index in [9.17, 15) is 0 Å². The zero-order valence-corrected chi connectivity index (χ0v) is 12.8. The molecule has 2 nitrogen and oxygen atoms in total. The van der Waals surface area contributed by atoms with Gasteiger partial charge in [0.2, 0.25) is 0 Å². The van der Waals surface area contributed by atoms with Gasteiger partial charge in [-0.2, -0.15) is 0 Å². The van der Waals surface area contributed by atoms with Crippen LogP contribution in [0, 0.1) is 0 Å². The summed E-state index contributed by atoms with van der Waals surface area (Å²) in [6.45, 7) is 1.87. The molecular weight excluding hydrogens is 312 g/mol. The molecule has 0 spiro atoms. The first-order valence-electron chi connectivity index (χ1n) is 6.84. The molecule has 2 aromatic carbocycles. The minimum Gasteiger partial charge on any atom is -0.361 e. The van der Waals surface area contributed by atoms with Crippen LogP contribution in [-0.2, 0) is 13.0 Å². The Morgan fingerprint density at radius 2 is 1.75 bits per heavy atom. The van der Waals surface area contributed by atoms with Gasteiger partial charge in [-0.25, -0.2) is 0 Å². The lowest BCUT2D eigenvalue weighted by Gasteiger charge is -2.06. The highest BCUT2D eigenvalue weighted by Gasteiger charge is 2.02. The Bertz CT molecular complexity index is 703. The lowest BCUT2D eigenvalue weighted by molar-refractivity contribution is 0.687. The van der Waals surface area contributed by atoms with Crippen molar-refractivity contribution in [1.29, 1.82) is 0 Å². The fraction of sp³-hybridized carbons (Fsp3) is 0.176. The molecule has 1 aromatic heterocycles. The Morgan fingerprint density at radius 1 is 0.950 bits per heavy atom. The Hall–Kier alpha value is -1.58. The van der Waals surface area contributed by atoms with Gasteiger partial charge in [-0.1, -0.05) is 52.3 Å². The Balaban J connectivity index is 1.57. The van der Waals surface area contributed by atoms with Crippen LogP contribution in [-0.4, -0.2) is 11.5 Å². The van der Waals surface area contributed by atoms with Crippen molar-refractivity contribution >= 4 is 26.8 Å². The zero-order valence-electron chi connectivity index (χ0n) is 11.2. The molecule has 102 valence electrons. The van der Waals surface area contributed by atoms with Crippen molar-refractivity contribution < 1.29 is 0 Å². The van der Waals surface area contributed by atoms with E-state index in [2.05, 4.69) is 74.9 Å². The van der Waals surface area contributed by atoms with Crippen LogP contribution in [0.2, 0.25) is 0 Å². The number of hydrogen-bond acceptors (Lipinski definition) is 1. The standard InChI is InChI=1S/C17H17BrN2/c18-16-7-3-1-5-14(16)11-19-10-9-13-12-20-17-8-4-2-6-15(13)17/h1-8,12,19-20H,9-11H2. The van der Waals surface area contributed by atoms with Crippen LogP contribution in [0.1, 0.15) is 11.1 Å². The molecule has 20 heavy (non-hydrogen) atoms. The average molecular weight is 329 g/mol. The Kier molecular flexibility index (Phi) is 4.19. The predicted octanol–water partition coefficient (Wildman–Crippen LogP) is 4.26. The average Bonchev–Trinajstić information content (AvgIpc) is 2.89. The van der Waals surface area contributed by atoms with Crippen molar-refractivity contribution in [2.24, 2.45) is 0 Å². The number of aromatic amines is 1. The quantitative estimate of drug-likeness (QED) is 0.673. The van der Waals surface area contributed by atoms with E-state index in [0.717, 1.165) is 19.5 Å². The number of nitrogens with one attached hydrogen (secondary N) is 2. The highest BCUT2D eigenvalue weighted by Crippen LogP contribution is 2.18. The number of para-hydroxylation sites is 1. The van der Waals surface area contributed by atoms with E-state index in [0.29, 0.717) is 0 Å². The van der Waals surface area contributed by atoms with E-state index in [1.165, 1.54) is 26.5 Å². The molecule has 0 fully saturated rings. The summed E-state index contributed by atoms with van der Waals surface area (Å²) < 4.78 is 1.17. The van der Waals surface area contributed by atoms with Gasteiger partial charge in [0.1, 0.15) is 0 Å². The van der Waals surface area contributed by atoms with Crippen molar-refractivity contribution in [3.05, 3.63) is 70.3 Å². The second kappa shape index (κ2) is 6.25. The third kappa shape index (κ3) is 2.94. The monoisotopic (exact) mass is 328 g/mol. The molecule has 0 aliphatic carbocycles. The van der Waals surface area contributed by atoms with Crippen molar-refractivity contribution in [2.75, 3.05) is 6.54 Å². The minimum atomic E-state index is 0.893. The molecule has 0 radical (unpaired) electrons. The molecule has 0 aliphatic heterocycles. The SMILES string of the molecule is Brc1ccccc1CNCCc1c[nH]c2ccccc12. The molecule has 2 N–H and O–H groups in total. The number of benzene rings is 2. The zero-order chi connectivity index (χ0) is 13.8. The van der Waals surface area contributed by atoms with Gasteiger partial charge in [0.15, 0.2) is 0 Å². The number of hydrogen-bond donors (Lipinski definition) is 2. The number of rotatable bonds is 5. The van der Waals surface area contributed by atoms with E-state index in [4.69, 9.17) is 0 Å². The maximum Gasteiger partial charge on any atom is 0.0456 e. The summed E-state index contributed by atoms with van der Waals surface area (Å²) in [4.78, 5) is 3.32. The van der Waals surface area contributed by atoms with Crippen molar-refractivity contribution in [1.82, 2.24) is 10.3 Å². The molecular formula is C17H17BrN2. The lowest BCUT2D eigenvalue weighted by Crippen LogP contribution is -2.16. The molecule has 0 saturated carbocycles. The summed E-state index contributed by atoms with van der Waals surface area (Å²) in [5.41, 5.74) is 3.89. The van der Waals surface area contributed by atoms with Gasteiger partial charge in [0.05, 0.1) is 0 Å². The van der Waals surface area contributed by atoms with Crippen molar-refractivity contribution in [3.63, 3.8) is 0 Å². The lowest BCUT2D eigenvalue weighted by atomic mass is 10.1. The normalized spacial score (nSPS) is 11.1. The molecule has 0 unspecified atom stereocenters. The van der Waals surface area contributed by atoms with Gasteiger partial charge >= 0.3 is 0 Å². The Morgan fingerprint density at radius 3 is 2.65 bits per heavy atom. The molecule has 3 rings (SSSR count). The molecule has 1 heterocycles. The van der Waals surface area contributed by atoms with Crippen LogP contribution in [0.15, 0.2) is 59.2 Å². The molecule has 3 heteroatoms. The number of aromatic nitrogens is 1. The molecule has 3 aromatic rings. The first kappa shape index (κ1) is 13.4. The molecule has 0 saturated heterocycles. The summed E-state index contributed by atoms with van der Waals surface area (Å²) >= 11 is 3.57. The summed E-state index contributed by atoms with van der Waals surface area (Å²) in [6.07, 6.45) is 3.15. The van der Waals surface area contributed by atoms with E-state index in [1.807, 2.05) is 6.07 Å². The topological polar surface area (TPSA) is 27.8 Å². The van der Waals surface area contributed by atoms with Gasteiger partial charge in [-0.15, -0.1) is 0 Å². The van der Waals surface area contributed by atoms with Gasteiger partial charge in [-0.3, -0.25) is 0 Å². The van der Waals surface area contributed by atoms with Gasteiger partial charge in [0.25, 0.3) is 0 Å². The van der Waals surface area contributed by atoms with Crippen LogP contribution in [0.5, 0.6) is 0 Å².